The first-order chi connectivity index (χ1) is 11.2. The minimum Gasteiger partial charge on any atom is -0.451 e. The number of nitrogens with one attached hydrogen (secondary N) is 1. The molecule has 0 spiro atoms. The average Bonchev–Trinajstić information content (AvgIpc) is 3.25. The molecule has 0 aliphatic rings. The van der Waals surface area contributed by atoms with Gasteiger partial charge in [0.2, 0.25) is 0 Å². The highest BCUT2D eigenvalue weighted by Gasteiger charge is 2.17. The Balaban J connectivity index is 1.57. The van der Waals surface area contributed by atoms with Crippen molar-refractivity contribution in [1.82, 2.24) is 20.0 Å². The number of rotatable bonds is 3. The molecule has 0 saturated heterocycles. The van der Waals surface area contributed by atoms with Crippen LogP contribution in [0, 0.1) is 0 Å². The monoisotopic (exact) mass is 309 g/mol. The Morgan fingerprint density at radius 3 is 2.83 bits per heavy atom. The summed E-state index contributed by atoms with van der Waals surface area (Å²) in [4.78, 5) is 12.2. The van der Waals surface area contributed by atoms with Gasteiger partial charge in [-0.2, -0.15) is 5.10 Å². The number of hydrogen-bond acceptors (Lipinski definition) is 6. The highest BCUT2D eigenvalue weighted by atomic mass is 16.4. The zero-order valence-corrected chi connectivity index (χ0v) is 12.1. The van der Waals surface area contributed by atoms with Gasteiger partial charge >= 0.3 is 6.01 Å². The topological polar surface area (TPSA) is 99.0 Å². The largest absolute Gasteiger partial charge is 0.451 e. The van der Waals surface area contributed by atoms with Crippen molar-refractivity contribution in [3.63, 3.8) is 0 Å². The molecule has 8 heteroatoms. The molecule has 0 bridgehead atoms. The van der Waals surface area contributed by atoms with Gasteiger partial charge in [0.25, 0.3) is 11.8 Å². The second-order valence-electron chi connectivity index (χ2n) is 4.86. The maximum Gasteiger partial charge on any atom is 0.322 e. The molecule has 1 aromatic carbocycles. The van der Waals surface area contributed by atoms with Crippen molar-refractivity contribution >= 4 is 22.9 Å². The molecular formula is C15H11N5O3. The predicted octanol–water partition coefficient (Wildman–Crippen LogP) is 2.47. The van der Waals surface area contributed by atoms with Gasteiger partial charge < -0.3 is 8.83 Å². The molecular weight excluding hydrogens is 298 g/mol. The fourth-order valence-electron chi connectivity index (χ4n) is 2.21. The number of aromatic nitrogens is 4. The van der Waals surface area contributed by atoms with Crippen molar-refractivity contribution in [2.24, 2.45) is 7.05 Å². The van der Waals surface area contributed by atoms with Crippen LogP contribution in [0.3, 0.4) is 0 Å². The second-order valence-corrected chi connectivity index (χ2v) is 4.86. The van der Waals surface area contributed by atoms with Gasteiger partial charge in [0.1, 0.15) is 11.3 Å². The van der Waals surface area contributed by atoms with Crippen LogP contribution in [0.4, 0.5) is 6.01 Å². The number of benzene rings is 1. The second kappa shape index (κ2) is 5.09. The molecule has 114 valence electrons. The minimum atomic E-state index is -0.457. The Bertz CT molecular complexity index is 964. The molecule has 8 nitrogen and oxygen atoms in total. The molecule has 1 amide bonds. The third-order valence-electron chi connectivity index (χ3n) is 3.33. The van der Waals surface area contributed by atoms with Crippen LogP contribution < -0.4 is 5.32 Å². The number of aryl methyl sites for hydroxylation is 1. The van der Waals surface area contributed by atoms with E-state index in [0.717, 1.165) is 5.39 Å². The van der Waals surface area contributed by atoms with Crippen LogP contribution in [0.2, 0.25) is 0 Å². The summed E-state index contributed by atoms with van der Waals surface area (Å²) in [6.07, 6.45) is 1.62. The van der Waals surface area contributed by atoms with Gasteiger partial charge in [0.05, 0.1) is 0 Å². The molecule has 3 heterocycles. The molecule has 0 aliphatic heterocycles. The number of furan rings is 1. The molecule has 0 radical (unpaired) electrons. The van der Waals surface area contributed by atoms with E-state index in [4.69, 9.17) is 8.83 Å². The number of fused-ring (bicyclic) bond motifs is 1. The van der Waals surface area contributed by atoms with E-state index in [1.165, 1.54) is 0 Å². The van der Waals surface area contributed by atoms with E-state index in [-0.39, 0.29) is 17.7 Å². The van der Waals surface area contributed by atoms with E-state index < -0.39 is 5.91 Å². The molecule has 0 aliphatic carbocycles. The van der Waals surface area contributed by atoms with Gasteiger partial charge in [-0.1, -0.05) is 23.3 Å². The van der Waals surface area contributed by atoms with Crippen LogP contribution in [-0.2, 0) is 7.05 Å². The average molecular weight is 309 g/mol. The summed E-state index contributed by atoms with van der Waals surface area (Å²) < 4.78 is 12.5. The van der Waals surface area contributed by atoms with Gasteiger partial charge in [-0.3, -0.25) is 14.8 Å². The summed E-state index contributed by atoms with van der Waals surface area (Å²) in [5.74, 6) is -0.0159. The van der Waals surface area contributed by atoms with Crippen LogP contribution in [0.25, 0.3) is 22.6 Å². The summed E-state index contributed by atoms with van der Waals surface area (Å²) in [6.45, 7) is 0. The first kappa shape index (κ1) is 13.3. The summed E-state index contributed by atoms with van der Waals surface area (Å²) in [7, 11) is 1.76. The van der Waals surface area contributed by atoms with E-state index in [9.17, 15) is 4.79 Å². The van der Waals surface area contributed by atoms with Gasteiger partial charge in [-0.05, 0) is 18.2 Å². The third kappa shape index (κ3) is 2.35. The summed E-state index contributed by atoms with van der Waals surface area (Å²) in [5, 5.41) is 15.1. The number of nitrogens with zero attached hydrogens (tertiary/aromatic N) is 4. The van der Waals surface area contributed by atoms with Gasteiger partial charge in [0, 0.05) is 18.6 Å². The Labute approximate surface area is 129 Å². The molecule has 3 aromatic heterocycles. The highest BCUT2D eigenvalue weighted by Crippen LogP contribution is 2.21. The van der Waals surface area contributed by atoms with Crippen LogP contribution in [0.15, 0.2) is 51.4 Å². The van der Waals surface area contributed by atoms with Crippen LogP contribution in [0.1, 0.15) is 10.6 Å². The lowest BCUT2D eigenvalue weighted by Crippen LogP contribution is -2.10. The number of anilines is 1. The lowest BCUT2D eigenvalue weighted by molar-refractivity contribution is 0.0996. The Morgan fingerprint density at radius 1 is 1.17 bits per heavy atom. The van der Waals surface area contributed by atoms with Crippen molar-refractivity contribution in [2.75, 3.05) is 5.32 Å². The first-order valence-electron chi connectivity index (χ1n) is 6.82. The highest BCUT2D eigenvalue weighted by molar-refractivity contribution is 6.03. The van der Waals surface area contributed by atoms with E-state index in [2.05, 4.69) is 20.6 Å². The number of hydrogen-bond donors (Lipinski definition) is 1. The molecule has 0 unspecified atom stereocenters. The summed E-state index contributed by atoms with van der Waals surface area (Å²) in [6, 6.07) is 10.7. The zero-order chi connectivity index (χ0) is 15.8. The van der Waals surface area contributed by atoms with Gasteiger partial charge in [0.15, 0.2) is 5.76 Å². The van der Waals surface area contributed by atoms with E-state index in [1.807, 2.05) is 18.2 Å². The molecule has 1 N–H and O–H groups in total. The quantitative estimate of drug-likeness (QED) is 0.624. The molecule has 4 rings (SSSR count). The number of carbonyl (C=O) groups is 1. The van der Waals surface area contributed by atoms with Crippen LogP contribution in [-0.4, -0.2) is 25.9 Å². The first-order valence-corrected chi connectivity index (χ1v) is 6.82. The fourth-order valence-corrected chi connectivity index (χ4v) is 2.21. The Morgan fingerprint density at radius 2 is 2.04 bits per heavy atom. The molecule has 4 aromatic rings. The van der Waals surface area contributed by atoms with Crippen LogP contribution >= 0.6 is 0 Å². The lowest BCUT2D eigenvalue weighted by Gasteiger charge is -1.96. The number of carbonyl (C=O) groups excluding carboxylic acids is 1. The molecule has 0 saturated carbocycles. The minimum absolute atomic E-state index is 0.00773. The maximum absolute atomic E-state index is 12.2. The van der Waals surface area contributed by atoms with E-state index in [1.54, 1.807) is 36.1 Å². The third-order valence-corrected chi connectivity index (χ3v) is 3.33. The normalized spacial score (nSPS) is 11.0. The van der Waals surface area contributed by atoms with Crippen molar-refractivity contribution in [2.45, 2.75) is 0 Å². The SMILES string of the molecule is Cn1nccc1-c1nnc(NC(=O)c2cc3ccccc3o2)o1. The smallest absolute Gasteiger partial charge is 0.322 e. The predicted molar refractivity (Wildman–Crippen MR) is 80.7 cm³/mol. The van der Waals surface area contributed by atoms with Gasteiger partial charge in [-0.25, -0.2) is 0 Å². The number of para-hydroxylation sites is 1. The lowest BCUT2D eigenvalue weighted by atomic mass is 10.2. The van der Waals surface area contributed by atoms with Gasteiger partial charge in [-0.15, -0.1) is 5.10 Å². The summed E-state index contributed by atoms with van der Waals surface area (Å²) >= 11 is 0. The number of amides is 1. The van der Waals surface area contributed by atoms with Crippen LogP contribution in [0.5, 0.6) is 0 Å². The van der Waals surface area contributed by atoms with Crippen molar-refractivity contribution in [3.8, 4) is 11.6 Å². The maximum atomic E-state index is 12.2. The Hall–Kier alpha value is -3.42. The fraction of sp³-hybridized carbons (Fsp3) is 0.0667. The van der Waals surface area contributed by atoms with Crippen molar-refractivity contribution < 1.29 is 13.6 Å². The molecule has 23 heavy (non-hydrogen) atoms. The molecule has 0 fully saturated rings. The van der Waals surface area contributed by atoms with Crippen molar-refractivity contribution in [1.29, 1.82) is 0 Å². The summed E-state index contributed by atoms with van der Waals surface area (Å²) in [5.41, 5.74) is 1.29. The van der Waals surface area contributed by atoms with Crippen molar-refractivity contribution in [3.05, 3.63) is 48.4 Å². The molecule has 0 atom stereocenters. The standard InChI is InChI=1S/C15H11N5O3/c1-20-10(6-7-16-20)14-18-19-15(23-14)17-13(21)12-8-9-4-2-3-5-11(9)22-12/h2-8H,1H3,(H,17,19,21). The Kier molecular flexibility index (Phi) is 2.94. The zero-order valence-electron chi connectivity index (χ0n) is 12.1. The van der Waals surface area contributed by atoms with E-state index >= 15 is 0 Å². The van der Waals surface area contributed by atoms with E-state index in [0.29, 0.717) is 11.3 Å².